The Kier molecular flexibility index (Phi) is 9.39. The van der Waals surface area contributed by atoms with Crippen LogP contribution in [-0.4, -0.2) is 65.3 Å². The molecule has 1 amide bonds. The van der Waals surface area contributed by atoms with Gasteiger partial charge in [0.1, 0.15) is 24.2 Å². The van der Waals surface area contributed by atoms with E-state index >= 15 is 0 Å². The van der Waals surface area contributed by atoms with Crippen molar-refractivity contribution in [3.63, 3.8) is 0 Å². The smallest absolute Gasteiger partial charge is 0.303 e. The van der Waals surface area contributed by atoms with Crippen molar-refractivity contribution in [2.75, 3.05) is 6.61 Å². The zero-order valence-electron chi connectivity index (χ0n) is 16.4. The van der Waals surface area contributed by atoms with Crippen LogP contribution in [0.2, 0.25) is 0 Å². The maximum absolute atomic E-state index is 12.0. The van der Waals surface area contributed by atoms with Crippen molar-refractivity contribution in [2.45, 2.75) is 70.8 Å². The number of hydrogen-bond donors (Lipinski definition) is 1. The lowest BCUT2D eigenvalue weighted by atomic mass is 9.97. The summed E-state index contributed by atoms with van der Waals surface area (Å²) in [5.74, 6) is -2.42. The highest BCUT2D eigenvalue weighted by Gasteiger charge is 2.51. The summed E-state index contributed by atoms with van der Waals surface area (Å²) < 4.78 is 21.4. The Balaban J connectivity index is 3.30. The third kappa shape index (κ3) is 7.47. The highest BCUT2D eigenvalue weighted by atomic mass is 32.2. The van der Waals surface area contributed by atoms with Crippen molar-refractivity contribution in [1.29, 1.82) is 0 Å². The second kappa shape index (κ2) is 11.0. The van der Waals surface area contributed by atoms with Gasteiger partial charge in [0.15, 0.2) is 17.3 Å². The molecular weight excluding hydrogens is 394 g/mol. The first-order chi connectivity index (χ1) is 13.0. The SMILES string of the molecule is CCC(=O)S[C@@H]1O[C@H](COC(C)=O)[C@H](OC(C)=O)[C@H](OC(C)=O)[C@H]1NC(C)=O. The van der Waals surface area contributed by atoms with Gasteiger partial charge in [-0.3, -0.25) is 24.0 Å². The van der Waals surface area contributed by atoms with E-state index in [-0.39, 0.29) is 18.1 Å². The van der Waals surface area contributed by atoms with Gasteiger partial charge in [-0.2, -0.15) is 0 Å². The van der Waals surface area contributed by atoms with Crippen LogP contribution in [0.25, 0.3) is 0 Å². The molecule has 10 nitrogen and oxygen atoms in total. The van der Waals surface area contributed by atoms with Crippen LogP contribution in [0.4, 0.5) is 0 Å². The molecule has 11 heteroatoms. The van der Waals surface area contributed by atoms with Crippen LogP contribution in [0.15, 0.2) is 0 Å². The van der Waals surface area contributed by atoms with Gasteiger partial charge in [-0.15, -0.1) is 0 Å². The normalized spacial score (nSPS) is 26.7. The van der Waals surface area contributed by atoms with Gasteiger partial charge in [-0.25, -0.2) is 0 Å². The van der Waals surface area contributed by atoms with Gasteiger partial charge >= 0.3 is 17.9 Å². The molecule has 0 aliphatic carbocycles. The topological polar surface area (TPSA) is 134 Å². The van der Waals surface area contributed by atoms with Crippen molar-refractivity contribution in [3.05, 3.63) is 0 Å². The lowest BCUT2D eigenvalue weighted by Crippen LogP contribution is -2.65. The molecule has 158 valence electrons. The summed E-state index contributed by atoms with van der Waals surface area (Å²) in [6.07, 6.45) is -3.12. The molecule has 1 aliphatic heterocycles. The van der Waals surface area contributed by atoms with Crippen LogP contribution in [0.3, 0.4) is 0 Å². The van der Waals surface area contributed by atoms with E-state index in [9.17, 15) is 24.0 Å². The number of hydrogen-bond acceptors (Lipinski definition) is 10. The highest BCUT2D eigenvalue weighted by Crippen LogP contribution is 2.33. The third-order valence-corrected chi connectivity index (χ3v) is 4.80. The van der Waals surface area contributed by atoms with E-state index < -0.39 is 53.6 Å². The molecule has 0 unspecified atom stereocenters. The first kappa shape index (κ1) is 23.9. The Morgan fingerprint density at radius 1 is 0.929 bits per heavy atom. The maximum atomic E-state index is 12.0. The quantitative estimate of drug-likeness (QED) is 0.454. The van der Waals surface area contributed by atoms with E-state index in [1.807, 2.05) is 0 Å². The van der Waals surface area contributed by atoms with Gasteiger partial charge in [0, 0.05) is 34.1 Å². The molecule has 0 spiro atoms. The number of nitrogens with one attached hydrogen (secondary N) is 1. The molecule has 0 saturated carbocycles. The molecule has 1 N–H and O–H groups in total. The average Bonchev–Trinajstić information content (AvgIpc) is 2.57. The van der Waals surface area contributed by atoms with Gasteiger partial charge in [0.25, 0.3) is 0 Å². The van der Waals surface area contributed by atoms with Crippen LogP contribution in [-0.2, 0) is 42.9 Å². The van der Waals surface area contributed by atoms with E-state index in [0.29, 0.717) is 0 Å². The fraction of sp³-hybridized carbons (Fsp3) is 0.706. The predicted octanol–water partition coefficient (Wildman–Crippen LogP) is 0.312. The minimum atomic E-state index is -1.16. The molecule has 0 aromatic heterocycles. The van der Waals surface area contributed by atoms with Crippen molar-refractivity contribution in [1.82, 2.24) is 5.32 Å². The molecule has 1 rings (SSSR count). The molecule has 5 atom stereocenters. The number of amides is 1. The van der Waals surface area contributed by atoms with Crippen LogP contribution in [0.1, 0.15) is 41.0 Å². The second-order valence-corrected chi connectivity index (χ2v) is 7.22. The Hall–Kier alpha value is -2.14. The highest BCUT2D eigenvalue weighted by molar-refractivity contribution is 8.14. The molecule has 1 saturated heterocycles. The first-order valence-corrected chi connectivity index (χ1v) is 9.52. The van der Waals surface area contributed by atoms with E-state index in [2.05, 4.69) is 5.32 Å². The second-order valence-electron chi connectivity index (χ2n) is 6.06. The number of carbonyl (C=O) groups is 5. The predicted molar refractivity (Wildman–Crippen MR) is 96.9 cm³/mol. The van der Waals surface area contributed by atoms with Gasteiger partial charge in [-0.05, 0) is 0 Å². The summed E-state index contributed by atoms with van der Waals surface area (Å²) in [6, 6.07) is -0.972. The minimum absolute atomic E-state index is 0.206. The summed E-state index contributed by atoms with van der Waals surface area (Å²) in [4.78, 5) is 58.1. The van der Waals surface area contributed by atoms with E-state index in [1.165, 1.54) is 13.8 Å². The van der Waals surface area contributed by atoms with Crippen LogP contribution >= 0.6 is 11.8 Å². The molecular formula is C17H25NO9S. The minimum Gasteiger partial charge on any atom is -0.463 e. The van der Waals surface area contributed by atoms with Gasteiger partial charge in [0.2, 0.25) is 5.91 Å². The largest absolute Gasteiger partial charge is 0.463 e. The van der Waals surface area contributed by atoms with Gasteiger partial charge in [-0.1, -0.05) is 18.7 Å². The summed E-state index contributed by atoms with van der Waals surface area (Å²) in [5.41, 5.74) is -0.951. The molecule has 0 aromatic rings. The summed E-state index contributed by atoms with van der Waals surface area (Å²) in [5, 5.41) is 2.37. The number of carbonyl (C=O) groups excluding carboxylic acids is 5. The van der Waals surface area contributed by atoms with Gasteiger partial charge in [0.05, 0.1) is 0 Å². The fourth-order valence-electron chi connectivity index (χ4n) is 2.60. The molecule has 0 bridgehead atoms. The zero-order valence-corrected chi connectivity index (χ0v) is 17.2. The first-order valence-electron chi connectivity index (χ1n) is 8.65. The number of thioether (sulfide) groups is 1. The summed E-state index contributed by atoms with van der Waals surface area (Å²) in [6.45, 7) is 6.12. The van der Waals surface area contributed by atoms with Crippen LogP contribution in [0.5, 0.6) is 0 Å². The Labute approximate surface area is 167 Å². The van der Waals surface area contributed by atoms with E-state index in [0.717, 1.165) is 25.6 Å². The van der Waals surface area contributed by atoms with Crippen LogP contribution in [0, 0.1) is 0 Å². The number of esters is 3. The number of rotatable bonds is 7. The summed E-state index contributed by atoms with van der Waals surface area (Å²) >= 11 is 0.812. The average molecular weight is 419 g/mol. The summed E-state index contributed by atoms with van der Waals surface area (Å²) in [7, 11) is 0. The molecule has 1 fully saturated rings. The van der Waals surface area contributed by atoms with Crippen LogP contribution < -0.4 is 5.32 Å². The van der Waals surface area contributed by atoms with Crippen molar-refractivity contribution in [3.8, 4) is 0 Å². The molecule has 0 aromatic carbocycles. The molecule has 1 heterocycles. The molecule has 0 radical (unpaired) electrons. The fourth-order valence-corrected chi connectivity index (χ4v) is 3.60. The van der Waals surface area contributed by atoms with Crippen molar-refractivity contribution < 1.29 is 42.9 Å². The van der Waals surface area contributed by atoms with Gasteiger partial charge < -0.3 is 24.3 Å². The Morgan fingerprint density at radius 3 is 1.96 bits per heavy atom. The zero-order chi connectivity index (χ0) is 21.4. The standard InChI is InChI=1S/C17H25NO9S/c1-6-13(23)28-17-14(18-8(2)19)16(26-11(5)22)15(25-10(4)21)12(27-17)7-24-9(3)20/h12,14-17H,6-7H2,1-5H3,(H,18,19)/t12-,14-,15+,16-,17+/m1/s1. The lowest BCUT2D eigenvalue weighted by Gasteiger charge is -2.44. The maximum Gasteiger partial charge on any atom is 0.303 e. The Morgan fingerprint density at radius 2 is 1.50 bits per heavy atom. The van der Waals surface area contributed by atoms with Crippen molar-refractivity contribution >= 4 is 40.7 Å². The lowest BCUT2D eigenvalue weighted by molar-refractivity contribution is -0.211. The molecule has 28 heavy (non-hydrogen) atoms. The van der Waals surface area contributed by atoms with Crippen molar-refractivity contribution in [2.24, 2.45) is 0 Å². The van der Waals surface area contributed by atoms with E-state index in [1.54, 1.807) is 6.92 Å². The third-order valence-electron chi connectivity index (χ3n) is 3.61. The number of ether oxygens (including phenoxy) is 4. The monoisotopic (exact) mass is 419 g/mol. The van der Waals surface area contributed by atoms with E-state index in [4.69, 9.17) is 18.9 Å². The molecule has 1 aliphatic rings. The Bertz CT molecular complexity index is 624.